The zero-order chi connectivity index (χ0) is 14.7. The first kappa shape index (κ1) is 17.5. The second kappa shape index (κ2) is 7.43. The van der Waals surface area contributed by atoms with Gasteiger partial charge in [0.15, 0.2) is 0 Å². The van der Waals surface area contributed by atoms with E-state index >= 15 is 0 Å². The van der Waals surface area contributed by atoms with Gasteiger partial charge in [0.1, 0.15) is 6.04 Å². The Labute approximate surface area is 131 Å². The van der Waals surface area contributed by atoms with E-state index in [1.807, 2.05) is 31.2 Å². The summed E-state index contributed by atoms with van der Waals surface area (Å²) >= 11 is 0. The van der Waals surface area contributed by atoms with Crippen LogP contribution in [0.2, 0.25) is 0 Å². The summed E-state index contributed by atoms with van der Waals surface area (Å²) in [6, 6.07) is 6.76. The maximum Gasteiger partial charge on any atom is 0.249 e. The highest BCUT2D eigenvalue weighted by Gasteiger charge is 2.31. The van der Waals surface area contributed by atoms with Gasteiger partial charge in [-0.3, -0.25) is 9.59 Å². The fraction of sp³-hybridized carbons (Fsp3) is 0.467. The second-order valence-electron chi connectivity index (χ2n) is 5.32. The lowest BCUT2D eigenvalue weighted by Gasteiger charge is -2.33. The van der Waals surface area contributed by atoms with Crippen molar-refractivity contribution in [2.75, 3.05) is 11.4 Å². The summed E-state index contributed by atoms with van der Waals surface area (Å²) in [5.41, 5.74) is 7.55. The van der Waals surface area contributed by atoms with Crippen LogP contribution in [0.1, 0.15) is 25.3 Å². The highest BCUT2D eigenvalue weighted by Crippen LogP contribution is 2.21. The Hall–Kier alpha value is -1.59. The van der Waals surface area contributed by atoms with Crippen molar-refractivity contribution in [3.63, 3.8) is 0 Å². The van der Waals surface area contributed by atoms with Crippen molar-refractivity contribution in [1.82, 2.24) is 5.32 Å². The van der Waals surface area contributed by atoms with Crippen LogP contribution in [0.3, 0.4) is 0 Å². The average molecular weight is 312 g/mol. The number of carbonyl (C=O) groups excluding carboxylic acids is 2. The molecule has 1 aliphatic heterocycles. The molecule has 2 amide bonds. The molecular weight excluding hydrogens is 290 g/mol. The third-order valence-corrected chi connectivity index (χ3v) is 3.51. The number of carbonyl (C=O) groups is 2. The van der Waals surface area contributed by atoms with Gasteiger partial charge in [0, 0.05) is 12.2 Å². The molecule has 0 bridgehead atoms. The number of hydrogen-bond acceptors (Lipinski definition) is 3. The first-order valence-electron chi connectivity index (χ1n) is 6.93. The van der Waals surface area contributed by atoms with Crippen molar-refractivity contribution in [2.45, 2.75) is 38.8 Å². The van der Waals surface area contributed by atoms with E-state index in [1.54, 1.807) is 11.8 Å². The van der Waals surface area contributed by atoms with E-state index in [0.717, 1.165) is 17.7 Å². The Kier molecular flexibility index (Phi) is 6.18. The monoisotopic (exact) mass is 311 g/mol. The summed E-state index contributed by atoms with van der Waals surface area (Å²) in [5, 5.41) is 2.72. The quantitative estimate of drug-likeness (QED) is 0.885. The topological polar surface area (TPSA) is 75.4 Å². The van der Waals surface area contributed by atoms with E-state index in [0.29, 0.717) is 13.0 Å². The van der Waals surface area contributed by atoms with Gasteiger partial charge in [-0.25, -0.2) is 0 Å². The van der Waals surface area contributed by atoms with E-state index in [-0.39, 0.29) is 24.2 Å². The minimum atomic E-state index is -0.599. The van der Waals surface area contributed by atoms with Crippen LogP contribution in [0, 0.1) is 6.92 Å². The van der Waals surface area contributed by atoms with Gasteiger partial charge in [-0.1, -0.05) is 17.7 Å². The molecule has 116 valence electrons. The molecule has 21 heavy (non-hydrogen) atoms. The van der Waals surface area contributed by atoms with Crippen molar-refractivity contribution in [3.8, 4) is 0 Å². The Bertz CT molecular complexity index is 502. The van der Waals surface area contributed by atoms with Crippen LogP contribution in [0.25, 0.3) is 0 Å². The molecule has 2 atom stereocenters. The minimum Gasteiger partial charge on any atom is -0.343 e. The smallest absolute Gasteiger partial charge is 0.249 e. The van der Waals surface area contributed by atoms with Crippen LogP contribution in [0.4, 0.5) is 5.69 Å². The molecular formula is C15H22ClN3O2. The Balaban J connectivity index is 0.00000220. The molecule has 1 unspecified atom stereocenters. The highest BCUT2D eigenvalue weighted by molar-refractivity contribution is 6.00. The molecule has 1 aromatic carbocycles. The number of hydrogen-bond donors (Lipinski definition) is 2. The molecule has 0 aromatic heterocycles. The molecule has 1 aromatic rings. The average Bonchev–Trinajstić information content (AvgIpc) is 2.42. The fourth-order valence-corrected chi connectivity index (χ4v) is 2.29. The lowest BCUT2D eigenvalue weighted by Crippen LogP contribution is -2.55. The lowest BCUT2D eigenvalue weighted by molar-refractivity contribution is -0.128. The molecule has 0 spiro atoms. The molecule has 6 heteroatoms. The van der Waals surface area contributed by atoms with E-state index < -0.39 is 12.1 Å². The molecule has 0 saturated carbocycles. The number of halogens is 1. The maximum absolute atomic E-state index is 12.4. The van der Waals surface area contributed by atoms with E-state index in [1.165, 1.54) is 0 Å². The van der Waals surface area contributed by atoms with Gasteiger partial charge in [0.25, 0.3) is 0 Å². The molecule has 1 saturated heterocycles. The zero-order valence-corrected chi connectivity index (χ0v) is 13.2. The van der Waals surface area contributed by atoms with Crippen molar-refractivity contribution >= 4 is 29.9 Å². The summed E-state index contributed by atoms with van der Waals surface area (Å²) in [4.78, 5) is 25.8. The van der Waals surface area contributed by atoms with E-state index in [9.17, 15) is 9.59 Å². The van der Waals surface area contributed by atoms with Gasteiger partial charge in [0.2, 0.25) is 11.8 Å². The number of anilines is 1. The highest BCUT2D eigenvalue weighted by atomic mass is 35.5. The summed E-state index contributed by atoms with van der Waals surface area (Å²) in [6.07, 6.45) is 1.53. The lowest BCUT2D eigenvalue weighted by atomic mass is 10.0. The van der Waals surface area contributed by atoms with Crippen LogP contribution in [0.5, 0.6) is 0 Å². The third kappa shape index (κ3) is 4.19. The predicted molar refractivity (Wildman–Crippen MR) is 85.6 cm³/mol. The van der Waals surface area contributed by atoms with Gasteiger partial charge in [-0.2, -0.15) is 0 Å². The van der Waals surface area contributed by atoms with Crippen LogP contribution in [-0.4, -0.2) is 30.4 Å². The molecule has 2 rings (SSSR count). The standard InChI is InChI=1S/C15H21N3O2.ClH/c1-10-5-7-12(8-6-10)18-9-3-4-13(15(18)20)17-14(19)11(2)16;/h5-8,11,13H,3-4,9,16H2,1-2H3,(H,17,19);1H/t11-,13?;/m0./s1. The van der Waals surface area contributed by atoms with Crippen molar-refractivity contribution in [3.05, 3.63) is 29.8 Å². The molecule has 1 fully saturated rings. The summed E-state index contributed by atoms with van der Waals surface area (Å²) in [6.45, 7) is 4.31. The number of nitrogens with one attached hydrogen (secondary N) is 1. The van der Waals surface area contributed by atoms with E-state index in [4.69, 9.17) is 5.73 Å². The zero-order valence-electron chi connectivity index (χ0n) is 12.3. The maximum atomic E-state index is 12.4. The van der Waals surface area contributed by atoms with Crippen molar-refractivity contribution < 1.29 is 9.59 Å². The molecule has 0 aliphatic carbocycles. The van der Waals surface area contributed by atoms with E-state index in [2.05, 4.69) is 5.32 Å². The normalized spacial score (nSPS) is 19.7. The third-order valence-electron chi connectivity index (χ3n) is 3.51. The van der Waals surface area contributed by atoms with Crippen LogP contribution in [-0.2, 0) is 9.59 Å². The summed E-state index contributed by atoms with van der Waals surface area (Å²) in [5.74, 6) is -0.344. The van der Waals surface area contributed by atoms with Crippen molar-refractivity contribution in [1.29, 1.82) is 0 Å². The van der Waals surface area contributed by atoms with Crippen LogP contribution >= 0.6 is 12.4 Å². The van der Waals surface area contributed by atoms with Crippen LogP contribution in [0.15, 0.2) is 24.3 Å². The van der Waals surface area contributed by atoms with Crippen molar-refractivity contribution in [2.24, 2.45) is 5.73 Å². The summed E-state index contributed by atoms with van der Waals surface area (Å²) < 4.78 is 0. The number of aryl methyl sites for hydroxylation is 1. The summed E-state index contributed by atoms with van der Waals surface area (Å²) in [7, 11) is 0. The number of rotatable bonds is 3. The molecule has 1 heterocycles. The molecule has 3 N–H and O–H groups in total. The Morgan fingerprint density at radius 3 is 2.57 bits per heavy atom. The second-order valence-corrected chi connectivity index (χ2v) is 5.32. The predicted octanol–water partition coefficient (Wildman–Crippen LogP) is 1.38. The minimum absolute atomic E-state index is 0. The first-order valence-corrected chi connectivity index (χ1v) is 6.93. The van der Waals surface area contributed by atoms with Gasteiger partial charge in [-0.15, -0.1) is 12.4 Å². The van der Waals surface area contributed by atoms with Crippen LogP contribution < -0.4 is 16.0 Å². The Morgan fingerprint density at radius 1 is 1.38 bits per heavy atom. The van der Waals surface area contributed by atoms with Gasteiger partial charge in [-0.05, 0) is 38.8 Å². The molecule has 0 radical (unpaired) electrons. The number of nitrogens with two attached hydrogens (primary N) is 1. The SMILES string of the molecule is Cc1ccc(N2CCCC(NC(=O)[C@H](C)N)C2=O)cc1.Cl. The number of amides is 2. The van der Waals surface area contributed by atoms with Gasteiger partial charge in [0.05, 0.1) is 6.04 Å². The first-order chi connectivity index (χ1) is 9.49. The number of nitrogens with zero attached hydrogens (tertiary/aromatic N) is 1. The molecule has 5 nitrogen and oxygen atoms in total. The fourth-order valence-electron chi connectivity index (χ4n) is 2.29. The largest absolute Gasteiger partial charge is 0.343 e. The number of benzene rings is 1. The molecule has 1 aliphatic rings. The Morgan fingerprint density at radius 2 is 2.00 bits per heavy atom. The number of piperidine rings is 1. The van der Waals surface area contributed by atoms with Gasteiger partial charge < -0.3 is 16.0 Å². The van der Waals surface area contributed by atoms with Gasteiger partial charge >= 0.3 is 0 Å².